The molecule has 54 heavy (non-hydrogen) atoms. The van der Waals surface area contributed by atoms with Crippen LogP contribution in [-0.2, 0) is 6.42 Å². The van der Waals surface area contributed by atoms with E-state index in [2.05, 4.69) is 116 Å². The van der Waals surface area contributed by atoms with Gasteiger partial charge in [0.25, 0.3) is 0 Å². The predicted octanol–water partition coefficient (Wildman–Crippen LogP) is 12.2. The van der Waals surface area contributed by atoms with Crippen molar-refractivity contribution in [2.75, 3.05) is 0 Å². The smallest absolute Gasteiger partial charge is 0.123 e. The lowest BCUT2D eigenvalue weighted by Gasteiger charge is -2.26. The number of nitriles is 2. The normalized spacial score (nSPS) is 13.7. The quantitative estimate of drug-likeness (QED) is 0.183. The summed E-state index contributed by atoms with van der Waals surface area (Å²) in [4.78, 5) is 0. The lowest BCUT2D eigenvalue weighted by atomic mass is 9.86. The minimum Gasteiger partial charge on any atom is -0.308 e. The molecule has 2 heterocycles. The molecule has 0 amide bonds. The van der Waals surface area contributed by atoms with E-state index >= 15 is 0 Å². The molecule has 0 spiro atoms. The zero-order chi connectivity index (χ0) is 37.4. The Hall–Kier alpha value is -6.76. The number of aryl methyl sites for hydroxylation is 3. The fourth-order valence-corrected chi connectivity index (χ4v) is 8.44. The lowest BCUT2D eigenvalue weighted by molar-refractivity contribution is 0.627. The van der Waals surface area contributed by atoms with Crippen LogP contribution in [0.5, 0.6) is 0 Å². The summed E-state index contributed by atoms with van der Waals surface area (Å²) < 4.78 is 33.6. The van der Waals surface area contributed by atoms with Crippen LogP contribution in [0.2, 0.25) is 0 Å². The Morgan fingerprint density at radius 3 is 1.52 bits per heavy atom. The van der Waals surface area contributed by atoms with Crippen LogP contribution >= 0.6 is 0 Å². The zero-order valence-electron chi connectivity index (χ0n) is 30.3. The Morgan fingerprint density at radius 1 is 0.574 bits per heavy atom. The van der Waals surface area contributed by atoms with Crippen LogP contribution in [-0.4, -0.2) is 9.13 Å². The van der Waals surface area contributed by atoms with Crippen LogP contribution < -0.4 is 0 Å². The van der Waals surface area contributed by atoms with Crippen molar-refractivity contribution in [3.63, 3.8) is 0 Å². The molecule has 1 aliphatic rings. The number of benzene rings is 6. The largest absolute Gasteiger partial charge is 0.308 e. The van der Waals surface area contributed by atoms with Crippen molar-refractivity contribution < 1.29 is 8.78 Å². The molecule has 0 saturated carbocycles. The molecule has 0 N–H and O–H groups in total. The van der Waals surface area contributed by atoms with Crippen molar-refractivity contribution in [1.82, 2.24) is 9.13 Å². The number of rotatable bonds is 4. The van der Waals surface area contributed by atoms with Crippen LogP contribution in [0.15, 0.2) is 109 Å². The maximum Gasteiger partial charge on any atom is 0.123 e. The van der Waals surface area contributed by atoms with Gasteiger partial charge in [0, 0.05) is 33.0 Å². The molecule has 8 aromatic rings. The Labute approximate surface area is 312 Å². The van der Waals surface area contributed by atoms with Crippen molar-refractivity contribution in [2.45, 2.75) is 34.1 Å². The number of aromatic nitrogens is 2. The highest BCUT2D eigenvalue weighted by Crippen LogP contribution is 2.49. The molecule has 9 rings (SSSR count). The van der Waals surface area contributed by atoms with E-state index in [0.717, 1.165) is 61.5 Å². The molecule has 0 bridgehead atoms. The van der Waals surface area contributed by atoms with E-state index in [0.29, 0.717) is 39.5 Å². The fraction of sp³-hybridized carbons (Fsp3) is 0.125. The van der Waals surface area contributed by atoms with Gasteiger partial charge in [0.1, 0.15) is 23.8 Å². The average molecular weight is 705 g/mol. The van der Waals surface area contributed by atoms with E-state index in [9.17, 15) is 19.3 Å². The highest BCUT2D eigenvalue weighted by molar-refractivity contribution is 6.12. The molecule has 1 aliphatic carbocycles. The number of fused-ring (bicyclic) bond motifs is 6. The van der Waals surface area contributed by atoms with Gasteiger partial charge in [0.2, 0.25) is 0 Å². The second kappa shape index (κ2) is 12.4. The summed E-state index contributed by atoms with van der Waals surface area (Å²) >= 11 is 0. The van der Waals surface area contributed by atoms with Gasteiger partial charge in [-0.05, 0) is 117 Å². The third-order valence-corrected chi connectivity index (χ3v) is 10.8. The highest BCUT2D eigenvalue weighted by atomic mass is 19.1. The summed E-state index contributed by atoms with van der Waals surface area (Å²) in [5, 5.41) is 25.9. The van der Waals surface area contributed by atoms with E-state index in [4.69, 9.17) is 0 Å². The van der Waals surface area contributed by atoms with Gasteiger partial charge < -0.3 is 9.13 Å². The maximum atomic E-state index is 14.8. The molecule has 0 aliphatic heterocycles. The molecule has 6 heteroatoms. The first kappa shape index (κ1) is 33.1. The lowest BCUT2D eigenvalue weighted by Crippen LogP contribution is -2.13. The molecule has 0 radical (unpaired) electrons. The third-order valence-electron chi connectivity index (χ3n) is 10.8. The maximum absolute atomic E-state index is 14.8. The first-order valence-corrected chi connectivity index (χ1v) is 18.1. The number of hydrogen-bond acceptors (Lipinski definition) is 2. The van der Waals surface area contributed by atoms with Crippen molar-refractivity contribution in [3.05, 3.63) is 160 Å². The number of nitrogens with zero attached hydrogens (tertiary/aromatic N) is 4. The summed E-state index contributed by atoms with van der Waals surface area (Å²) in [6.07, 6.45) is 5.14. The second-order valence-corrected chi connectivity index (χ2v) is 14.6. The molecule has 6 aromatic carbocycles. The van der Waals surface area contributed by atoms with Gasteiger partial charge in [-0.15, -0.1) is 0 Å². The molecule has 0 saturated heterocycles. The Morgan fingerprint density at radius 2 is 1.02 bits per heavy atom. The van der Waals surface area contributed by atoms with E-state index in [1.807, 2.05) is 0 Å². The van der Waals surface area contributed by atoms with Crippen molar-refractivity contribution in [1.29, 1.82) is 10.5 Å². The van der Waals surface area contributed by atoms with Gasteiger partial charge in [0.05, 0.1) is 39.1 Å². The fourth-order valence-electron chi connectivity index (χ4n) is 8.44. The molecular formula is C48H34F2N4. The number of halogens is 2. The van der Waals surface area contributed by atoms with E-state index in [1.54, 1.807) is 24.3 Å². The average Bonchev–Trinajstić information content (AvgIpc) is 3.64. The molecular weight excluding hydrogens is 671 g/mol. The summed E-state index contributed by atoms with van der Waals surface area (Å²) in [7, 11) is 0. The molecule has 1 atom stereocenters. The van der Waals surface area contributed by atoms with E-state index in [1.165, 1.54) is 29.8 Å². The zero-order valence-corrected chi connectivity index (χ0v) is 30.3. The van der Waals surface area contributed by atoms with E-state index < -0.39 is 11.6 Å². The van der Waals surface area contributed by atoms with Crippen LogP contribution in [0.1, 0.15) is 46.0 Å². The molecule has 2 aromatic heterocycles. The van der Waals surface area contributed by atoms with Crippen LogP contribution in [0, 0.1) is 61.0 Å². The van der Waals surface area contributed by atoms with Crippen molar-refractivity contribution in [3.8, 4) is 45.8 Å². The van der Waals surface area contributed by atoms with Crippen LogP contribution in [0.25, 0.3) is 72.4 Å². The number of allylic oxidation sites excluding steroid dienone is 1. The summed E-state index contributed by atoms with van der Waals surface area (Å²) in [6, 6.07) is 36.3. The Balaban J connectivity index is 1.60. The molecule has 4 nitrogen and oxygen atoms in total. The Bertz CT molecular complexity index is 2920. The van der Waals surface area contributed by atoms with Crippen LogP contribution in [0.4, 0.5) is 8.78 Å². The number of hydrogen-bond donors (Lipinski definition) is 0. The van der Waals surface area contributed by atoms with Crippen molar-refractivity contribution in [2.24, 2.45) is 5.92 Å². The summed E-state index contributed by atoms with van der Waals surface area (Å²) in [5.41, 5.74) is 11.9. The summed E-state index contributed by atoms with van der Waals surface area (Å²) in [5.74, 6) is -0.517. The van der Waals surface area contributed by atoms with Gasteiger partial charge in [-0.25, -0.2) is 8.78 Å². The van der Waals surface area contributed by atoms with Crippen LogP contribution in [0.3, 0.4) is 0 Å². The van der Waals surface area contributed by atoms with Gasteiger partial charge in [-0.2, -0.15) is 10.5 Å². The first-order chi connectivity index (χ1) is 26.2. The minimum absolute atomic E-state index is 0.256. The van der Waals surface area contributed by atoms with E-state index in [-0.39, 0.29) is 11.1 Å². The van der Waals surface area contributed by atoms with Gasteiger partial charge in [-0.3, -0.25) is 0 Å². The molecule has 0 fully saturated rings. The van der Waals surface area contributed by atoms with Gasteiger partial charge in [0.15, 0.2) is 0 Å². The SMILES string of the molecule is Cc1ccc2c(c1)c1c(n2-c2c(C#N)c(-c3ccc(F)cc3)c(C#N)c(-n3c4ccc(C)cc4c4cc(C)ccc43)c2-c2ccc(F)cc2)C=CC(C)C1. The standard InChI is InChI=1S/C48H34F2N4/c1-27-5-17-41-35(21-27)36-22-28(2)6-18-42(36)53(41)47-39(25-51)45(31-9-13-33(49)14-10-31)40(26-52)48(46(47)32-11-15-34(50)16-12-32)54-43-19-7-29(3)23-37(43)38-24-30(4)8-20-44(38)54/h5-23,30H,24H2,1-4H3. The topological polar surface area (TPSA) is 57.4 Å². The molecule has 1 unspecified atom stereocenters. The second-order valence-electron chi connectivity index (χ2n) is 14.6. The third kappa shape index (κ3) is 4.99. The van der Waals surface area contributed by atoms with Gasteiger partial charge in [-0.1, -0.05) is 72.2 Å². The van der Waals surface area contributed by atoms with Crippen molar-refractivity contribution >= 4 is 38.8 Å². The first-order valence-electron chi connectivity index (χ1n) is 18.1. The molecule has 260 valence electrons. The Kier molecular flexibility index (Phi) is 7.62. The minimum atomic E-state index is -0.424. The highest BCUT2D eigenvalue weighted by Gasteiger charge is 2.33. The van der Waals surface area contributed by atoms with Gasteiger partial charge >= 0.3 is 0 Å². The predicted molar refractivity (Wildman–Crippen MR) is 214 cm³/mol. The monoisotopic (exact) mass is 704 g/mol. The summed E-state index contributed by atoms with van der Waals surface area (Å²) in [6.45, 7) is 8.40.